The van der Waals surface area contributed by atoms with Gasteiger partial charge < -0.3 is 5.32 Å². The van der Waals surface area contributed by atoms with Crippen molar-refractivity contribution in [2.24, 2.45) is 0 Å². The molecule has 29 heavy (non-hydrogen) atoms. The highest BCUT2D eigenvalue weighted by atomic mass is 79.9. The lowest BCUT2D eigenvalue weighted by molar-refractivity contribution is -0.116. The second-order valence-electron chi connectivity index (χ2n) is 6.46. The number of anilines is 1. The molecule has 0 unspecified atom stereocenters. The Kier molecular flexibility index (Phi) is 5.47. The maximum atomic E-state index is 13.5. The molecule has 2 aromatic carbocycles. The first-order valence-corrected chi connectivity index (χ1v) is 10.3. The third-order valence-corrected chi connectivity index (χ3v) is 5.71. The van der Waals surface area contributed by atoms with Crippen LogP contribution in [0.5, 0.6) is 0 Å². The summed E-state index contributed by atoms with van der Waals surface area (Å²) in [5.41, 5.74) is 3.97. The van der Waals surface area contributed by atoms with Gasteiger partial charge in [0.05, 0.1) is 11.4 Å². The normalized spacial score (nSPS) is 11.0. The SMILES string of the molecule is Cc1nn(CC(=O)Nc2c(Br)cc(F)cc2Br)c2nccc(-c3ccccc3)c12. The van der Waals surface area contributed by atoms with E-state index in [9.17, 15) is 9.18 Å². The van der Waals surface area contributed by atoms with Gasteiger partial charge in [0.25, 0.3) is 0 Å². The number of hydrogen-bond donors (Lipinski definition) is 1. The van der Waals surface area contributed by atoms with Crippen molar-refractivity contribution in [3.05, 3.63) is 75.2 Å². The Morgan fingerprint density at radius 2 is 1.83 bits per heavy atom. The molecule has 0 fully saturated rings. The molecule has 0 aliphatic heterocycles. The molecule has 0 bridgehead atoms. The molecule has 0 saturated carbocycles. The fourth-order valence-electron chi connectivity index (χ4n) is 3.23. The van der Waals surface area contributed by atoms with Crippen LogP contribution < -0.4 is 5.32 Å². The minimum absolute atomic E-state index is 0.0220. The quantitative estimate of drug-likeness (QED) is 0.377. The van der Waals surface area contributed by atoms with Gasteiger partial charge >= 0.3 is 0 Å². The van der Waals surface area contributed by atoms with E-state index in [1.54, 1.807) is 10.9 Å². The average Bonchev–Trinajstić information content (AvgIpc) is 3.01. The van der Waals surface area contributed by atoms with E-state index in [2.05, 4.69) is 47.3 Å². The number of nitrogens with zero attached hydrogens (tertiary/aromatic N) is 3. The van der Waals surface area contributed by atoms with Gasteiger partial charge in [0.15, 0.2) is 5.65 Å². The van der Waals surface area contributed by atoms with E-state index < -0.39 is 5.82 Å². The van der Waals surface area contributed by atoms with Crippen molar-refractivity contribution in [1.82, 2.24) is 14.8 Å². The van der Waals surface area contributed by atoms with Gasteiger partial charge in [-0.15, -0.1) is 0 Å². The molecule has 4 aromatic rings. The summed E-state index contributed by atoms with van der Waals surface area (Å²) in [4.78, 5) is 17.1. The molecule has 0 spiro atoms. The molecule has 0 radical (unpaired) electrons. The summed E-state index contributed by atoms with van der Waals surface area (Å²) in [5.74, 6) is -0.706. The first-order valence-electron chi connectivity index (χ1n) is 8.76. The van der Waals surface area contributed by atoms with Crippen molar-refractivity contribution in [2.75, 3.05) is 5.32 Å². The Labute approximate surface area is 183 Å². The Hall–Kier alpha value is -2.58. The standard InChI is InChI=1S/C21H15Br2FN4O/c1-12-19-15(13-5-3-2-4-6-13)7-8-25-21(19)28(27-12)11-18(29)26-20-16(22)9-14(24)10-17(20)23/h2-10H,11H2,1H3,(H,26,29). The molecule has 0 atom stereocenters. The molecule has 1 N–H and O–H groups in total. The molecule has 1 amide bonds. The van der Waals surface area contributed by atoms with E-state index in [0.717, 1.165) is 22.2 Å². The number of aromatic nitrogens is 3. The average molecular weight is 518 g/mol. The summed E-state index contributed by atoms with van der Waals surface area (Å²) < 4.78 is 15.9. The van der Waals surface area contributed by atoms with Crippen molar-refractivity contribution in [1.29, 1.82) is 0 Å². The zero-order valence-electron chi connectivity index (χ0n) is 15.3. The molecule has 4 rings (SSSR count). The summed E-state index contributed by atoms with van der Waals surface area (Å²) in [6.45, 7) is 1.88. The van der Waals surface area contributed by atoms with Crippen molar-refractivity contribution in [2.45, 2.75) is 13.5 Å². The number of nitrogens with one attached hydrogen (secondary N) is 1. The van der Waals surface area contributed by atoms with Crippen LogP contribution in [-0.4, -0.2) is 20.7 Å². The highest BCUT2D eigenvalue weighted by Gasteiger charge is 2.17. The van der Waals surface area contributed by atoms with E-state index in [-0.39, 0.29) is 12.5 Å². The Balaban J connectivity index is 1.67. The van der Waals surface area contributed by atoms with Crippen LogP contribution in [0.15, 0.2) is 63.7 Å². The number of halogens is 3. The van der Waals surface area contributed by atoms with Gasteiger partial charge in [-0.2, -0.15) is 5.10 Å². The van der Waals surface area contributed by atoms with Crippen LogP contribution in [0.25, 0.3) is 22.2 Å². The highest BCUT2D eigenvalue weighted by molar-refractivity contribution is 9.11. The topological polar surface area (TPSA) is 59.8 Å². The van der Waals surface area contributed by atoms with E-state index in [0.29, 0.717) is 20.3 Å². The van der Waals surface area contributed by atoms with Crippen molar-refractivity contribution >= 4 is 54.5 Å². The maximum absolute atomic E-state index is 13.5. The van der Waals surface area contributed by atoms with Crippen LogP contribution in [0, 0.1) is 12.7 Å². The zero-order valence-corrected chi connectivity index (χ0v) is 18.5. The molecule has 0 aliphatic rings. The number of pyridine rings is 1. The third-order valence-electron chi connectivity index (χ3n) is 4.46. The van der Waals surface area contributed by atoms with Crippen LogP contribution in [-0.2, 0) is 11.3 Å². The molecule has 0 aliphatic carbocycles. The van der Waals surface area contributed by atoms with Gasteiger partial charge in [-0.1, -0.05) is 30.3 Å². The minimum Gasteiger partial charge on any atom is -0.323 e. The number of hydrogen-bond acceptors (Lipinski definition) is 3. The number of benzene rings is 2. The maximum Gasteiger partial charge on any atom is 0.246 e. The lowest BCUT2D eigenvalue weighted by atomic mass is 10.0. The Bertz CT molecular complexity index is 1200. The van der Waals surface area contributed by atoms with Crippen molar-refractivity contribution < 1.29 is 9.18 Å². The van der Waals surface area contributed by atoms with Crippen molar-refractivity contribution in [3.8, 4) is 11.1 Å². The lowest BCUT2D eigenvalue weighted by Gasteiger charge is -2.10. The fraction of sp³-hybridized carbons (Fsp3) is 0.0952. The van der Waals surface area contributed by atoms with Gasteiger partial charge in [0.2, 0.25) is 5.91 Å². The van der Waals surface area contributed by atoms with Gasteiger partial charge in [0, 0.05) is 20.5 Å². The van der Waals surface area contributed by atoms with Gasteiger partial charge in [-0.05, 0) is 68.1 Å². The summed E-state index contributed by atoms with van der Waals surface area (Å²) in [6, 6.07) is 14.5. The number of fused-ring (bicyclic) bond motifs is 1. The van der Waals surface area contributed by atoms with Gasteiger partial charge in [-0.25, -0.2) is 14.1 Å². The van der Waals surface area contributed by atoms with Crippen LogP contribution in [0.3, 0.4) is 0 Å². The molecular formula is C21H15Br2FN4O. The zero-order chi connectivity index (χ0) is 20.5. The van der Waals surface area contributed by atoms with E-state index in [1.807, 2.05) is 43.3 Å². The van der Waals surface area contributed by atoms with E-state index >= 15 is 0 Å². The number of carbonyl (C=O) groups excluding carboxylic acids is 1. The summed E-state index contributed by atoms with van der Waals surface area (Å²) >= 11 is 6.54. The second-order valence-corrected chi connectivity index (χ2v) is 8.17. The summed E-state index contributed by atoms with van der Waals surface area (Å²) in [6.07, 6.45) is 1.72. The van der Waals surface area contributed by atoms with Crippen LogP contribution in [0.1, 0.15) is 5.69 Å². The molecule has 0 saturated heterocycles. The monoisotopic (exact) mass is 516 g/mol. The predicted octanol–water partition coefficient (Wildman–Crippen LogP) is 5.71. The van der Waals surface area contributed by atoms with E-state index in [1.165, 1.54) is 12.1 Å². The number of aryl methyl sites for hydroxylation is 1. The van der Waals surface area contributed by atoms with E-state index in [4.69, 9.17) is 0 Å². The highest BCUT2D eigenvalue weighted by Crippen LogP contribution is 2.32. The molecule has 146 valence electrons. The van der Waals surface area contributed by atoms with Crippen molar-refractivity contribution in [3.63, 3.8) is 0 Å². The number of amides is 1. The smallest absolute Gasteiger partial charge is 0.246 e. The summed E-state index contributed by atoms with van der Waals surface area (Å²) in [7, 11) is 0. The van der Waals surface area contributed by atoms with Gasteiger partial charge in [-0.3, -0.25) is 4.79 Å². The first kappa shape index (κ1) is 19.7. The lowest BCUT2D eigenvalue weighted by Crippen LogP contribution is -2.20. The number of carbonyl (C=O) groups is 1. The van der Waals surface area contributed by atoms with Crippen LogP contribution in [0.2, 0.25) is 0 Å². The molecule has 2 aromatic heterocycles. The largest absolute Gasteiger partial charge is 0.323 e. The molecule has 5 nitrogen and oxygen atoms in total. The molecule has 2 heterocycles. The predicted molar refractivity (Wildman–Crippen MR) is 118 cm³/mol. The molecular weight excluding hydrogens is 503 g/mol. The Morgan fingerprint density at radius 1 is 1.14 bits per heavy atom. The van der Waals surface area contributed by atoms with Crippen LogP contribution in [0.4, 0.5) is 10.1 Å². The Morgan fingerprint density at radius 3 is 2.52 bits per heavy atom. The van der Waals surface area contributed by atoms with Gasteiger partial charge in [0.1, 0.15) is 12.4 Å². The molecule has 8 heteroatoms. The fourth-order valence-corrected chi connectivity index (χ4v) is 4.56. The third kappa shape index (κ3) is 3.95. The second kappa shape index (κ2) is 8.04. The first-order chi connectivity index (χ1) is 13.9. The summed E-state index contributed by atoms with van der Waals surface area (Å²) in [5, 5.41) is 8.23. The van der Waals surface area contributed by atoms with Crippen LogP contribution >= 0.6 is 31.9 Å². The number of rotatable bonds is 4. The minimum atomic E-state index is -0.409.